The highest BCUT2D eigenvalue weighted by Crippen LogP contribution is 2.32. The number of hydrogen-bond acceptors (Lipinski definition) is 4. The summed E-state index contributed by atoms with van der Waals surface area (Å²) in [6.45, 7) is 1.82. The van der Waals surface area contributed by atoms with Gasteiger partial charge in [0.15, 0.2) is 5.13 Å². The second-order valence-corrected chi connectivity index (χ2v) is 7.94. The van der Waals surface area contributed by atoms with Crippen molar-refractivity contribution in [3.05, 3.63) is 84.1 Å². The van der Waals surface area contributed by atoms with Crippen molar-refractivity contribution >= 4 is 39.1 Å². The van der Waals surface area contributed by atoms with Crippen molar-refractivity contribution in [1.29, 1.82) is 0 Å². The van der Waals surface area contributed by atoms with Crippen LogP contribution in [0.3, 0.4) is 0 Å². The van der Waals surface area contributed by atoms with Gasteiger partial charge in [-0.05, 0) is 28.8 Å². The highest BCUT2D eigenvalue weighted by Gasteiger charge is 2.13. The Labute approximate surface area is 178 Å². The second-order valence-electron chi connectivity index (χ2n) is 6.94. The molecular weight excluding hydrogens is 394 g/mol. The molecule has 0 fully saturated rings. The maximum atomic E-state index is 12.4. The summed E-state index contributed by atoms with van der Waals surface area (Å²) in [5, 5.41) is 8.14. The fourth-order valence-electron chi connectivity index (χ4n) is 3.33. The first kappa shape index (κ1) is 19.8. The van der Waals surface area contributed by atoms with Gasteiger partial charge in [0.25, 0.3) is 0 Å². The van der Waals surface area contributed by atoms with E-state index in [1.54, 1.807) is 0 Å². The zero-order chi connectivity index (χ0) is 20.9. The molecule has 5 nitrogen and oxygen atoms in total. The van der Waals surface area contributed by atoms with Gasteiger partial charge in [-0.25, -0.2) is 4.98 Å². The number of nitrogens with one attached hydrogen (secondary N) is 2. The van der Waals surface area contributed by atoms with Crippen molar-refractivity contribution in [2.75, 3.05) is 11.9 Å². The summed E-state index contributed by atoms with van der Waals surface area (Å²) in [4.78, 5) is 30.1. The van der Waals surface area contributed by atoms with Gasteiger partial charge in [0.1, 0.15) is 0 Å². The van der Waals surface area contributed by atoms with Gasteiger partial charge in [0.05, 0.1) is 23.5 Å². The van der Waals surface area contributed by atoms with Crippen molar-refractivity contribution < 1.29 is 9.59 Å². The Hall–Kier alpha value is -3.51. The standard InChI is InChI=1S/C24H21N3O2S/c1-16-23(18-9-3-2-4-10-18)30-24(26-16)27-22(29)15-25-21(28)14-19-12-7-11-17-8-5-6-13-20(17)19/h2-13H,14-15H2,1H3,(H,25,28)(H,26,27,29). The van der Waals surface area contributed by atoms with E-state index in [0.29, 0.717) is 5.13 Å². The van der Waals surface area contributed by atoms with E-state index in [1.807, 2.05) is 79.7 Å². The van der Waals surface area contributed by atoms with Crippen LogP contribution in [0, 0.1) is 6.92 Å². The molecule has 0 spiro atoms. The number of aryl methyl sites for hydroxylation is 1. The van der Waals surface area contributed by atoms with Crippen molar-refractivity contribution in [1.82, 2.24) is 10.3 Å². The molecule has 0 unspecified atom stereocenters. The van der Waals surface area contributed by atoms with E-state index in [4.69, 9.17) is 0 Å². The zero-order valence-electron chi connectivity index (χ0n) is 16.5. The Morgan fingerprint density at radius 2 is 1.63 bits per heavy atom. The van der Waals surface area contributed by atoms with Gasteiger partial charge < -0.3 is 10.6 Å². The third-order valence-corrected chi connectivity index (χ3v) is 5.88. The molecule has 30 heavy (non-hydrogen) atoms. The number of rotatable bonds is 6. The first-order valence-corrected chi connectivity index (χ1v) is 10.5. The summed E-state index contributed by atoms with van der Waals surface area (Å²) in [7, 11) is 0. The Morgan fingerprint density at radius 1 is 0.900 bits per heavy atom. The van der Waals surface area contributed by atoms with Crippen molar-refractivity contribution in [3.8, 4) is 10.4 Å². The van der Waals surface area contributed by atoms with Crippen LogP contribution in [0.2, 0.25) is 0 Å². The fourth-order valence-corrected chi connectivity index (χ4v) is 4.32. The number of carbonyl (C=O) groups excluding carboxylic acids is 2. The van der Waals surface area contributed by atoms with Gasteiger partial charge in [-0.1, -0.05) is 84.1 Å². The largest absolute Gasteiger partial charge is 0.347 e. The first-order chi connectivity index (χ1) is 14.6. The Balaban J connectivity index is 1.34. The van der Waals surface area contributed by atoms with Crippen LogP contribution < -0.4 is 10.6 Å². The number of carbonyl (C=O) groups is 2. The minimum Gasteiger partial charge on any atom is -0.347 e. The molecule has 0 bridgehead atoms. The number of fused-ring (bicyclic) bond motifs is 1. The maximum Gasteiger partial charge on any atom is 0.245 e. The average Bonchev–Trinajstić information content (AvgIpc) is 3.13. The fraction of sp³-hybridized carbons (Fsp3) is 0.125. The van der Waals surface area contributed by atoms with Crippen LogP contribution in [0.5, 0.6) is 0 Å². The number of thiazole rings is 1. The minimum atomic E-state index is -0.297. The molecule has 3 aromatic carbocycles. The van der Waals surface area contributed by atoms with Gasteiger partial charge in [0, 0.05) is 0 Å². The summed E-state index contributed by atoms with van der Waals surface area (Å²) < 4.78 is 0. The molecule has 0 saturated heterocycles. The van der Waals surface area contributed by atoms with Gasteiger partial charge in [-0.15, -0.1) is 0 Å². The molecule has 0 aliphatic heterocycles. The predicted octanol–water partition coefficient (Wildman–Crippen LogP) is 4.57. The SMILES string of the molecule is Cc1nc(NC(=O)CNC(=O)Cc2cccc3ccccc23)sc1-c1ccccc1. The van der Waals surface area contributed by atoms with Gasteiger partial charge in [-0.3, -0.25) is 9.59 Å². The number of amides is 2. The van der Waals surface area contributed by atoms with Crippen molar-refractivity contribution in [2.24, 2.45) is 0 Å². The van der Waals surface area contributed by atoms with E-state index in [1.165, 1.54) is 11.3 Å². The van der Waals surface area contributed by atoms with Crippen LogP contribution in [0.25, 0.3) is 21.2 Å². The summed E-state index contributed by atoms with van der Waals surface area (Å²) in [5.74, 6) is -0.489. The molecule has 0 radical (unpaired) electrons. The Bertz CT molecular complexity index is 1200. The van der Waals surface area contributed by atoms with Gasteiger partial charge in [-0.2, -0.15) is 0 Å². The monoisotopic (exact) mass is 415 g/mol. The molecule has 6 heteroatoms. The summed E-state index contributed by atoms with van der Waals surface area (Å²) in [6.07, 6.45) is 0.225. The topological polar surface area (TPSA) is 71.1 Å². The second kappa shape index (κ2) is 8.88. The van der Waals surface area contributed by atoms with E-state index in [2.05, 4.69) is 15.6 Å². The van der Waals surface area contributed by atoms with Crippen LogP contribution in [0.4, 0.5) is 5.13 Å². The highest BCUT2D eigenvalue weighted by atomic mass is 32.1. The van der Waals surface area contributed by atoms with E-state index in [-0.39, 0.29) is 24.8 Å². The van der Waals surface area contributed by atoms with Gasteiger partial charge >= 0.3 is 0 Å². The van der Waals surface area contributed by atoms with E-state index < -0.39 is 0 Å². The maximum absolute atomic E-state index is 12.4. The predicted molar refractivity (Wildman–Crippen MR) is 122 cm³/mol. The summed E-state index contributed by atoms with van der Waals surface area (Å²) >= 11 is 1.42. The normalized spacial score (nSPS) is 10.7. The smallest absolute Gasteiger partial charge is 0.245 e. The van der Waals surface area contributed by atoms with Crippen molar-refractivity contribution in [3.63, 3.8) is 0 Å². The highest BCUT2D eigenvalue weighted by molar-refractivity contribution is 7.19. The molecule has 2 amide bonds. The quantitative estimate of drug-likeness (QED) is 0.485. The lowest BCUT2D eigenvalue weighted by Crippen LogP contribution is -2.33. The summed E-state index contributed by atoms with van der Waals surface area (Å²) in [6, 6.07) is 23.8. The molecule has 1 heterocycles. The lowest BCUT2D eigenvalue weighted by Gasteiger charge is -2.08. The third kappa shape index (κ3) is 4.55. The first-order valence-electron chi connectivity index (χ1n) is 9.66. The molecular formula is C24H21N3O2S. The van der Waals surface area contributed by atoms with Crippen LogP contribution in [0.1, 0.15) is 11.3 Å². The molecule has 0 aliphatic rings. The molecule has 150 valence electrons. The van der Waals surface area contributed by atoms with Crippen LogP contribution in [-0.4, -0.2) is 23.3 Å². The lowest BCUT2D eigenvalue weighted by atomic mass is 10.0. The number of anilines is 1. The van der Waals surface area contributed by atoms with Crippen LogP contribution >= 0.6 is 11.3 Å². The number of nitrogens with zero attached hydrogens (tertiary/aromatic N) is 1. The van der Waals surface area contributed by atoms with E-state index in [9.17, 15) is 9.59 Å². The number of aromatic nitrogens is 1. The number of hydrogen-bond donors (Lipinski definition) is 2. The third-order valence-electron chi connectivity index (χ3n) is 4.76. The Kier molecular flexibility index (Phi) is 5.86. The Morgan fingerprint density at radius 3 is 2.47 bits per heavy atom. The average molecular weight is 416 g/mol. The van der Waals surface area contributed by atoms with E-state index >= 15 is 0 Å². The molecule has 0 atom stereocenters. The molecule has 0 aliphatic carbocycles. The van der Waals surface area contributed by atoms with Crippen LogP contribution in [-0.2, 0) is 16.0 Å². The molecule has 2 N–H and O–H groups in total. The molecule has 1 aromatic heterocycles. The summed E-state index contributed by atoms with van der Waals surface area (Å²) in [5.41, 5.74) is 2.87. The molecule has 0 saturated carbocycles. The molecule has 4 aromatic rings. The van der Waals surface area contributed by atoms with Crippen LogP contribution in [0.15, 0.2) is 72.8 Å². The molecule has 4 rings (SSSR count). The van der Waals surface area contributed by atoms with Crippen molar-refractivity contribution in [2.45, 2.75) is 13.3 Å². The van der Waals surface area contributed by atoms with Gasteiger partial charge in [0.2, 0.25) is 11.8 Å². The van der Waals surface area contributed by atoms with E-state index in [0.717, 1.165) is 32.5 Å². The number of benzene rings is 3. The minimum absolute atomic E-state index is 0.0943. The zero-order valence-corrected chi connectivity index (χ0v) is 17.3. The lowest BCUT2D eigenvalue weighted by molar-refractivity contribution is -0.123.